The van der Waals surface area contributed by atoms with E-state index in [4.69, 9.17) is 27.7 Å². The van der Waals surface area contributed by atoms with E-state index in [1.807, 2.05) is 12.1 Å². The summed E-state index contributed by atoms with van der Waals surface area (Å²) in [6.07, 6.45) is 1.53. The molecule has 2 heterocycles. The van der Waals surface area contributed by atoms with Crippen LogP contribution in [0.5, 0.6) is 0 Å². The van der Waals surface area contributed by atoms with Crippen LogP contribution < -0.4 is 5.32 Å². The molecule has 0 spiro atoms. The molecule has 4 rings (SSSR count). The molecule has 0 saturated carbocycles. The number of halogens is 2. The Bertz CT molecular complexity index is 1110. The average molecular weight is 487 g/mol. The maximum absolute atomic E-state index is 12.6. The first-order valence-corrected chi connectivity index (χ1v) is 11.9. The number of piperidine rings is 1. The number of carbonyl (C=O) groups excluding carboxylic acids is 1. The SMILES string of the molecule is CC(C)(C)c1ccc(-c2noc(CN3CCC(C(=O)Nc4ccc(Cl)c(Cl)c4)CC3)n2)cc1. The van der Waals surface area contributed by atoms with Crippen molar-refractivity contribution >= 4 is 34.8 Å². The van der Waals surface area contributed by atoms with E-state index in [9.17, 15) is 4.79 Å². The largest absolute Gasteiger partial charge is 0.338 e. The maximum atomic E-state index is 12.6. The van der Waals surface area contributed by atoms with Crippen LogP contribution in [0.1, 0.15) is 45.1 Å². The highest BCUT2D eigenvalue weighted by Gasteiger charge is 2.26. The molecule has 1 fully saturated rings. The fourth-order valence-electron chi connectivity index (χ4n) is 3.92. The van der Waals surface area contributed by atoms with Crippen molar-refractivity contribution in [2.24, 2.45) is 5.92 Å². The molecule has 1 N–H and O–H groups in total. The number of carbonyl (C=O) groups is 1. The van der Waals surface area contributed by atoms with Crippen molar-refractivity contribution in [2.75, 3.05) is 18.4 Å². The summed E-state index contributed by atoms with van der Waals surface area (Å²) in [6.45, 7) is 8.72. The lowest BCUT2D eigenvalue weighted by Crippen LogP contribution is -2.37. The Morgan fingerprint density at radius 3 is 2.42 bits per heavy atom. The third-order valence-corrected chi connectivity index (χ3v) is 6.72. The standard InChI is InChI=1S/C25H28Cl2N4O2/c1-25(2,3)18-6-4-16(5-7-18)23-29-22(33-30-23)15-31-12-10-17(11-13-31)24(32)28-19-8-9-20(26)21(27)14-19/h4-9,14,17H,10-13,15H2,1-3H3,(H,28,32). The smallest absolute Gasteiger partial charge is 0.241 e. The summed E-state index contributed by atoms with van der Waals surface area (Å²) in [4.78, 5) is 19.4. The Kier molecular flexibility index (Phi) is 7.07. The molecule has 1 aromatic heterocycles. The molecule has 0 radical (unpaired) electrons. The van der Waals surface area contributed by atoms with E-state index in [1.54, 1.807) is 18.2 Å². The van der Waals surface area contributed by atoms with E-state index in [1.165, 1.54) is 5.56 Å². The van der Waals surface area contributed by atoms with Crippen molar-refractivity contribution in [2.45, 2.75) is 45.6 Å². The second-order valence-electron chi connectivity index (χ2n) is 9.51. The molecule has 1 aliphatic heterocycles. The predicted octanol–water partition coefficient (Wildman–Crippen LogP) is 6.19. The van der Waals surface area contributed by atoms with Crippen LogP contribution in [0, 0.1) is 5.92 Å². The number of amides is 1. The van der Waals surface area contributed by atoms with Crippen molar-refractivity contribution < 1.29 is 9.32 Å². The maximum Gasteiger partial charge on any atom is 0.241 e. The van der Waals surface area contributed by atoms with Gasteiger partial charge in [0.2, 0.25) is 17.6 Å². The van der Waals surface area contributed by atoms with Gasteiger partial charge >= 0.3 is 0 Å². The first-order chi connectivity index (χ1) is 15.7. The minimum atomic E-state index is -0.0460. The number of aromatic nitrogens is 2. The van der Waals surface area contributed by atoms with Crippen LogP contribution in [-0.2, 0) is 16.8 Å². The number of likely N-dealkylation sites (tertiary alicyclic amines) is 1. The van der Waals surface area contributed by atoms with Crippen LogP contribution in [-0.4, -0.2) is 34.0 Å². The van der Waals surface area contributed by atoms with E-state index in [0.717, 1.165) is 31.5 Å². The van der Waals surface area contributed by atoms with Crippen molar-refractivity contribution in [3.8, 4) is 11.4 Å². The van der Waals surface area contributed by atoms with E-state index in [2.05, 4.69) is 53.3 Å². The van der Waals surface area contributed by atoms with Gasteiger partial charge in [0.15, 0.2) is 0 Å². The monoisotopic (exact) mass is 486 g/mol. The zero-order valence-corrected chi connectivity index (χ0v) is 20.6. The molecule has 1 saturated heterocycles. The first kappa shape index (κ1) is 23.7. The molecule has 1 aliphatic rings. The molecule has 0 bridgehead atoms. The summed E-state index contributed by atoms with van der Waals surface area (Å²) in [5.74, 6) is 1.15. The molecule has 8 heteroatoms. The summed E-state index contributed by atoms with van der Waals surface area (Å²) in [5.41, 5.74) is 2.97. The summed E-state index contributed by atoms with van der Waals surface area (Å²) >= 11 is 12.0. The molecular formula is C25H28Cl2N4O2. The topological polar surface area (TPSA) is 71.3 Å². The molecule has 2 aromatic carbocycles. The van der Waals surface area contributed by atoms with Gasteiger partial charge in [-0.1, -0.05) is 73.4 Å². The van der Waals surface area contributed by atoms with Crippen LogP contribution in [0.25, 0.3) is 11.4 Å². The summed E-state index contributed by atoms with van der Waals surface area (Å²) in [7, 11) is 0. The third kappa shape index (κ3) is 5.94. The van der Waals surface area contributed by atoms with Gasteiger partial charge < -0.3 is 9.84 Å². The highest BCUT2D eigenvalue weighted by Crippen LogP contribution is 2.27. The van der Waals surface area contributed by atoms with Crippen molar-refractivity contribution in [1.29, 1.82) is 0 Å². The zero-order valence-electron chi connectivity index (χ0n) is 19.1. The Hall–Kier alpha value is -2.41. The van der Waals surface area contributed by atoms with Crippen molar-refractivity contribution in [1.82, 2.24) is 15.0 Å². The minimum Gasteiger partial charge on any atom is -0.338 e. The van der Waals surface area contributed by atoms with Crippen LogP contribution in [0.4, 0.5) is 5.69 Å². The quantitative estimate of drug-likeness (QED) is 0.465. The van der Waals surface area contributed by atoms with Gasteiger partial charge in [-0.25, -0.2) is 0 Å². The number of hydrogen-bond acceptors (Lipinski definition) is 5. The molecule has 1 amide bonds. The predicted molar refractivity (Wildman–Crippen MR) is 132 cm³/mol. The lowest BCUT2D eigenvalue weighted by molar-refractivity contribution is -0.121. The second kappa shape index (κ2) is 9.84. The fraction of sp³-hybridized carbons (Fsp3) is 0.400. The van der Waals surface area contributed by atoms with Crippen LogP contribution in [0.15, 0.2) is 47.0 Å². The van der Waals surface area contributed by atoms with Gasteiger partial charge in [-0.15, -0.1) is 0 Å². The number of anilines is 1. The van der Waals surface area contributed by atoms with Gasteiger partial charge in [-0.2, -0.15) is 4.98 Å². The highest BCUT2D eigenvalue weighted by molar-refractivity contribution is 6.42. The van der Waals surface area contributed by atoms with Gasteiger partial charge in [0.1, 0.15) is 0 Å². The second-order valence-corrected chi connectivity index (χ2v) is 10.3. The minimum absolute atomic E-state index is 0.00631. The van der Waals surface area contributed by atoms with Crippen LogP contribution in [0.3, 0.4) is 0 Å². The fourth-order valence-corrected chi connectivity index (χ4v) is 4.22. The Morgan fingerprint density at radius 1 is 1.09 bits per heavy atom. The molecule has 0 atom stereocenters. The van der Waals surface area contributed by atoms with E-state index < -0.39 is 0 Å². The van der Waals surface area contributed by atoms with Gasteiger partial charge in [0, 0.05) is 17.2 Å². The molecule has 174 valence electrons. The van der Waals surface area contributed by atoms with Crippen LogP contribution >= 0.6 is 23.2 Å². The Morgan fingerprint density at radius 2 is 1.79 bits per heavy atom. The third-order valence-electron chi connectivity index (χ3n) is 5.98. The van der Waals surface area contributed by atoms with Gasteiger partial charge in [0.05, 0.1) is 16.6 Å². The van der Waals surface area contributed by atoms with E-state index in [-0.39, 0.29) is 17.2 Å². The number of benzene rings is 2. The number of rotatable bonds is 5. The van der Waals surface area contributed by atoms with Crippen LogP contribution in [0.2, 0.25) is 10.0 Å². The summed E-state index contributed by atoms with van der Waals surface area (Å²) < 4.78 is 5.49. The van der Waals surface area contributed by atoms with Crippen molar-refractivity contribution in [3.63, 3.8) is 0 Å². The number of hydrogen-bond donors (Lipinski definition) is 1. The molecule has 33 heavy (non-hydrogen) atoms. The lowest BCUT2D eigenvalue weighted by Gasteiger charge is -2.30. The molecule has 6 nitrogen and oxygen atoms in total. The Balaban J connectivity index is 1.29. The normalized spacial score (nSPS) is 15.5. The molecule has 3 aromatic rings. The molecule has 0 aliphatic carbocycles. The van der Waals surface area contributed by atoms with Gasteiger partial charge in [0.25, 0.3) is 0 Å². The summed E-state index contributed by atoms with van der Waals surface area (Å²) in [6, 6.07) is 13.4. The van der Waals surface area contributed by atoms with E-state index >= 15 is 0 Å². The molecular weight excluding hydrogens is 459 g/mol. The number of nitrogens with zero attached hydrogens (tertiary/aromatic N) is 3. The zero-order chi connectivity index (χ0) is 23.6. The van der Waals surface area contributed by atoms with Gasteiger partial charge in [-0.3, -0.25) is 9.69 Å². The van der Waals surface area contributed by atoms with Crippen molar-refractivity contribution in [3.05, 3.63) is 64.0 Å². The average Bonchev–Trinajstić information content (AvgIpc) is 3.25. The highest BCUT2D eigenvalue weighted by atomic mass is 35.5. The Labute approximate surface area is 204 Å². The number of nitrogens with one attached hydrogen (secondary N) is 1. The lowest BCUT2D eigenvalue weighted by atomic mass is 9.87. The van der Waals surface area contributed by atoms with Gasteiger partial charge in [-0.05, 0) is 55.1 Å². The first-order valence-electron chi connectivity index (χ1n) is 11.1. The van der Waals surface area contributed by atoms with E-state index in [0.29, 0.717) is 34.0 Å². The molecule has 0 unspecified atom stereocenters. The summed E-state index contributed by atoms with van der Waals surface area (Å²) in [5, 5.41) is 7.98.